The van der Waals surface area contributed by atoms with E-state index < -0.39 is 12.0 Å². The molecule has 2 amide bonds. The molecule has 0 radical (unpaired) electrons. The lowest BCUT2D eigenvalue weighted by molar-refractivity contribution is -0.918. The molecule has 2 fully saturated rings. The van der Waals surface area contributed by atoms with E-state index in [4.69, 9.17) is 9.47 Å². The van der Waals surface area contributed by atoms with E-state index in [1.807, 2.05) is 12.1 Å². The Labute approximate surface area is 184 Å². The van der Waals surface area contributed by atoms with Gasteiger partial charge in [-0.05, 0) is 35.9 Å². The number of fused-ring (bicyclic) bond motifs is 1. The summed E-state index contributed by atoms with van der Waals surface area (Å²) in [6.07, 6.45) is 0.137. The number of carboxylic acids is 1. The summed E-state index contributed by atoms with van der Waals surface area (Å²) in [5, 5.41) is 10.9. The van der Waals surface area contributed by atoms with E-state index in [0.717, 1.165) is 49.1 Å². The molecule has 32 heavy (non-hydrogen) atoms. The molecule has 2 saturated heterocycles. The molecular formula is C23H23N3O6. The Morgan fingerprint density at radius 2 is 1.75 bits per heavy atom. The minimum Gasteiger partial charge on any atom is -0.545 e. The fourth-order valence-electron chi connectivity index (χ4n) is 4.59. The first-order valence-electron chi connectivity index (χ1n) is 10.6. The largest absolute Gasteiger partial charge is 0.545 e. The predicted molar refractivity (Wildman–Crippen MR) is 110 cm³/mol. The Kier molecular flexibility index (Phi) is 5.28. The molecule has 2 aromatic rings. The summed E-state index contributed by atoms with van der Waals surface area (Å²) in [7, 11) is 0. The van der Waals surface area contributed by atoms with Crippen LogP contribution in [0.15, 0.2) is 42.5 Å². The number of carboxylic acid groups (broad SMARTS) is 1. The minimum atomic E-state index is -1.30. The van der Waals surface area contributed by atoms with Crippen molar-refractivity contribution >= 4 is 23.5 Å². The van der Waals surface area contributed by atoms with Crippen molar-refractivity contribution in [3.05, 3.63) is 53.6 Å². The molecule has 5 rings (SSSR count). The predicted octanol–water partition coefficient (Wildman–Crippen LogP) is -1.19. The third-order valence-corrected chi connectivity index (χ3v) is 6.32. The highest BCUT2D eigenvalue weighted by Crippen LogP contribution is 2.32. The number of carbonyl (C=O) groups excluding carboxylic acids is 3. The Morgan fingerprint density at radius 3 is 2.47 bits per heavy atom. The number of imide groups is 1. The second kappa shape index (κ2) is 8.25. The van der Waals surface area contributed by atoms with Crippen molar-refractivity contribution in [2.24, 2.45) is 0 Å². The smallest absolute Gasteiger partial charge is 0.251 e. The standard InChI is InChI=1S/C23H23N3O6/c27-21-12-18(22(28)26(21)17-4-2-16(3-5-17)23(29)30)25-9-7-24(8-10-25)13-15-1-6-19-20(11-15)32-14-31-19/h1-6,11,18H,7-10,12-14H2,(H,29,30). The van der Waals surface area contributed by atoms with E-state index in [1.165, 1.54) is 34.7 Å². The topological polar surface area (TPSA) is 104 Å². The van der Waals surface area contributed by atoms with Gasteiger partial charge < -0.3 is 24.3 Å². The zero-order chi connectivity index (χ0) is 22.2. The highest BCUT2D eigenvalue weighted by Gasteiger charge is 2.43. The zero-order valence-corrected chi connectivity index (χ0v) is 17.4. The molecule has 3 heterocycles. The molecule has 0 spiro atoms. The summed E-state index contributed by atoms with van der Waals surface area (Å²) in [6, 6.07) is 11.2. The molecular weight excluding hydrogens is 414 g/mol. The third kappa shape index (κ3) is 3.80. The van der Waals surface area contributed by atoms with Crippen LogP contribution in [0.1, 0.15) is 22.3 Å². The quantitative estimate of drug-likeness (QED) is 0.587. The van der Waals surface area contributed by atoms with Gasteiger partial charge >= 0.3 is 0 Å². The number of nitrogens with zero attached hydrogens (tertiary/aromatic N) is 2. The van der Waals surface area contributed by atoms with E-state index in [0.29, 0.717) is 5.69 Å². The molecule has 2 aromatic carbocycles. The highest BCUT2D eigenvalue weighted by molar-refractivity contribution is 6.22. The van der Waals surface area contributed by atoms with Crippen LogP contribution in [0.4, 0.5) is 5.69 Å². The molecule has 166 valence electrons. The van der Waals surface area contributed by atoms with Crippen LogP contribution in [0.25, 0.3) is 0 Å². The number of benzene rings is 2. The highest BCUT2D eigenvalue weighted by atomic mass is 16.7. The number of hydrogen-bond acceptors (Lipinski definition) is 7. The molecule has 1 unspecified atom stereocenters. The summed E-state index contributed by atoms with van der Waals surface area (Å²) >= 11 is 0. The first kappa shape index (κ1) is 20.5. The van der Waals surface area contributed by atoms with Crippen molar-refractivity contribution in [1.29, 1.82) is 0 Å². The molecule has 1 N–H and O–H groups in total. The summed E-state index contributed by atoms with van der Waals surface area (Å²) < 4.78 is 10.8. The van der Waals surface area contributed by atoms with Crippen molar-refractivity contribution in [3.63, 3.8) is 0 Å². The molecule has 0 aliphatic carbocycles. The lowest BCUT2D eigenvalue weighted by atomic mass is 10.1. The van der Waals surface area contributed by atoms with Crippen LogP contribution < -0.4 is 24.4 Å². The van der Waals surface area contributed by atoms with E-state index in [1.54, 1.807) is 0 Å². The van der Waals surface area contributed by atoms with E-state index >= 15 is 0 Å². The Morgan fingerprint density at radius 1 is 1.03 bits per heavy atom. The van der Waals surface area contributed by atoms with Crippen LogP contribution in [-0.4, -0.2) is 61.7 Å². The van der Waals surface area contributed by atoms with E-state index in [9.17, 15) is 19.5 Å². The molecule has 1 atom stereocenters. The van der Waals surface area contributed by atoms with Gasteiger partial charge in [-0.3, -0.25) is 14.5 Å². The normalized spacial score (nSPS) is 21.4. The molecule has 3 aliphatic rings. The van der Waals surface area contributed by atoms with Crippen LogP contribution in [0, 0.1) is 0 Å². The molecule has 3 aliphatic heterocycles. The van der Waals surface area contributed by atoms with Gasteiger partial charge in [0.25, 0.3) is 5.91 Å². The maximum absolute atomic E-state index is 13.0. The van der Waals surface area contributed by atoms with Crippen LogP contribution in [0.3, 0.4) is 0 Å². The molecule has 0 bridgehead atoms. The van der Waals surface area contributed by atoms with Gasteiger partial charge in [-0.25, -0.2) is 4.90 Å². The molecule has 0 aromatic heterocycles. The van der Waals surface area contributed by atoms with Crippen molar-refractivity contribution in [2.75, 3.05) is 37.9 Å². The number of rotatable bonds is 5. The number of quaternary nitrogens is 1. The van der Waals surface area contributed by atoms with Crippen LogP contribution in [0.2, 0.25) is 0 Å². The van der Waals surface area contributed by atoms with Gasteiger partial charge in [0.05, 0.1) is 37.2 Å². The van der Waals surface area contributed by atoms with Crippen LogP contribution >= 0.6 is 0 Å². The number of hydrogen-bond donors (Lipinski definition) is 1. The molecule has 9 heteroatoms. The number of nitrogens with one attached hydrogen (secondary N) is 1. The number of aromatic carboxylic acids is 1. The Balaban J connectivity index is 1.20. The Bertz CT molecular complexity index is 1060. The van der Waals surface area contributed by atoms with Crippen molar-refractivity contribution in [3.8, 4) is 11.5 Å². The number of carbonyl (C=O) groups is 3. The minimum absolute atomic E-state index is 0.00551. The summed E-state index contributed by atoms with van der Waals surface area (Å²) in [6.45, 7) is 4.30. The van der Waals surface area contributed by atoms with Gasteiger partial charge in [-0.2, -0.15) is 0 Å². The number of piperazine rings is 1. The van der Waals surface area contributed by atoms with Crippen LogP contribution in [-0.2, 0) is 16.1 Å². The Hall–Kier alpha value is -3.43. The second-order valence-corrected chi connectivity index (χ2v) is 8.27. The monoisotopic (exact) mass is 437 g/mol. The zero-order valence-electron chi connectivity index (χ0n) is 17.4. The van der Waals surface area contributed by atoms with Gasteiger partial charge in [0.1, 0.15) is 6.54 Å². The lowest BCUT2D eigenvalue weighted by Gasteiger charge is -2.34. The van der Waals surface area contributed by atoms with Crippen LogP contribution in [0.5, 0.6) is 11.5 Å². The average molecular weight is 437 g/mol. The lowest BCUT2D eigenvalue weighted by Crippen LogP contribution is -3.13. The van der Waals surface area contributed by atoms with Gasteiger partial charge in [0, 0.05) is 18.7 Å². The van der Waals surface area contributed by atoms with Gasteiger partial charge in [0.2, 0.25) is 12.7 Å². The summed E-state index contributed by atoms with van der Waals surface area (Å²) in [4.78, 5) is 41.2. The first-order chi connectivity index (χ1) is 15.5. The van der Waals surface area contributed by atoms with Gasteiger partial charge in [-0.15, -0.1) is 0 Å². The number of anilines is 1. The fraction of sp³-hybridized carbons (Fsp3) is 0.348. The molecule has 9 nitrogen and oxygen atoms in total. The average Bonchev–Trinajstić information content (AvgIpc) is 3.38. The van der Waals surface area contributed by atoms with Crippen molar-refractivity contribution < 1.29 is 33.9 Å². The first-order valence-corrected chi connectivity index (χ1v) is 10.6. The SMILES string of the molecule is O=C([O-])c1ccc(N2C(=O)CC(N3CC[NH+](Cc4ccc5c(c4)OCO5)CC3)C2=O)cc1. The van der Waals surface area contributed by atoms with Gasteiger partial charge in [0.15, 0.2) is 11.5 Å². The van der Waals surface area contributed by atoms with E-state index in [2.05, 4.69) is 11.0 Å². The maximum Gasteiger partial charge on any atom is 0.251 e. The maximum atomic E-state index is 13.0. The summed E-state index contributed by atoms with van der Waals surface area (Å²) in [5.41, 5.74) is 1.57. The van der Waals surface area contributed by atoms with Gasteiger partial charge in [-0.1, -0.05) is 12.1 Å². The second-order valence-electron chi connectivity index (χ2n) is 8.27. The summed E-state index contributed by atoms with van der Waals surface area (Å²) in [5.74, 6) is -0.262. The van der Waals surface area contributed by atoms with Crippen molar-refractivity contribution in [2.45, 2.75) is 19.0 Å². The fourth-order valence-corrected chi connectivity index (χ4v) is 4.59. The third-order valence-electron chi connectivity index (χ3n) is 6.32. The molecule has 0 saturated carbocycles. The number of ether oxygens (including phenoxy) is 2. The van der Waals surface area contributed by atoms with E-state index in [-0.39, 0.29) is 30.6 Å². The number of amides is 2. The van der Waals surface area contributed by atoms with Crippen molar-refractivity contribution in [1.82, 2.24) is 4.90 Å².